The van der Waals surface area contributed by atoms with E-state index in [9.17, 15) is 0 Å². The Morgan fingerprint density at radius 3 is 3.18 bits per heavy atom. The maximum Gasteiger partial charge on any atom is 0.181 e. The normalized spacial score (nSPS) is 19.4. The highest BCUT2D eigenvalue weighted by molar-refractivity contribution is 8.14. The highest BCUT2D eigenvalue weighted by Gasteiger charge is 2.26. The fraction of sp³-hybridized carbons (Fsp3) is 0.250. The number of fused-ring (bicyclic) bond motifs is 2. The maximum absolute atomic E-state index is 5.44. The molecular weight excluding hydrogens is 320 g/mol. The molecule has 2 aromatic rings. The second-order valence-corrected chi connectivity index (χ2v) is 6.06. The van der Waals surface area contributed by atoms with Gasteiger partial charge in [-0.2, -0.15) is 0 Å². The number of hydrogen-bond acceptors (Lipinski definition) is 8. The topological polar surface area (TPSA) is 95.9 Å². The summed E-state index contributed by atoms with van der Waals surface area (Å²) in [5.74, 6) is 1.51. The summed E-state index contributed by atoms with van der Waals surface area (Å²) in [6.07, 6.45) is 6.37. The molecule has 0 fully saturated rings. The van der Waals surface area contributed by atoms with Crippen LogP contribution in [0.2, 0.25) is 0 Å². The lowest BCUT2D eigenvalue weighted by Gasteiger charge is -2.13. The molecule has 2 aromatic heterocycles. The minimum absolute atomic E-state index is 0.142. The van der Waals surface area contributed by atoms with Gasteiger partial charge in [0.2, 0.25) is 0 Å². The molecule has 0 spiro atoms. The molecule has 0 aliphatic carbocycles. The minimum atomic E-state index is -0.142. The van der Waals surface area contributed by atoms with E-state index in [0.29, 0.717) is 16.1 Å². The molecule has 0 bridgehead atoms. The van der Waals surface area contributed by atoms with Crippen LogP contribution in [-0.4, -0.2) is 54.9 Å². The van der Waals surface area contributed by atoms with Crippen molar-refractivity contribution in [3.8, 4) is 0 Å². The van der Waals surface area contributed by atoms with Crippen molar-refractivity contribution in [3.63, 3.8) is 0 Å². The first kappa shape index (κ1) is 13.5. The minimum Gasteiger partial charge on any atom is -0.341 e. The lowest BCUT2D eigenvalue weighted by Crippen LogP contribution is -2.26. The Morgan fingerprint density at radius 1 is 1.27 bits per heavy atom. The second-order valence-electron chi connectivity index (χ2n) is 4.56. The van der Waals surface area contributed by atoms with Gasteiger partial charge in [0.25, 0.3) is 0 Å². The Hall–Kier alpha value is -2.20. The second kappa shape index (κ2) is 5.54. The molecule has 2 aliphatic heterocycles. The molecule has 22 heavy (non-hydrogen) atoms. The molecule has 1 atom stereocenters. The summed E-state index contributed by atoms with van der Waals surface area (Å²) in [4.78, 5) is 28.2. The van der Waals surface area contributed by atoms with Crippen LogP contribution in [0.15, 0.2) is 32.6 Å². The number of aryl methyl sites for hydroxylation is 1. The molecule has 0 radical (unpaired) electrons. The molecule has 1 unspecified atom stereocenters. The summed E-state index contributed by atoms with van der Waals surface area (Å²) in [5.41, 5.74) is 1.43. The smallest absolute Gasteiger partial charge is 0.181 e. The predicted molar refractivity (Wildman–Crippen MR) is 90.8 cm³/mol. The Labute approximate surface area is 134 Å². The number of nitrogens with one attached hydrogen (secondary N) is 1. The summed E-state index contributed by atoms with van der Waals surface area (Å²) in [7, 11) is 0. The van der Waals surface area contributed by atoms with Crippen LogP contribution < -0.4 is 0 Å². The lowest BCUT2D eigenvalue weighted by molar-refractivity contribution is 0.741. The summed E-state index contributed by atoms with van der Waals surface area (Å²) in [5, 5.41) is 0.907. The van der Waals surface area contributed by atoms with Crippen LogP contribution in [0.4, 0.5) is 0 Å². The first-order valence-corrected chi connectivity index (χ1v) is 7.93. The van der Waals surface area contributed by atoms with E-state index in [-0.39, 0.29) is 6.04 Å². The molecule has 8 nitrogen and oxygen atoms in total. The van der Waals surface area contributed by atoms with E-state index in [4.69, 9.17) is 12.2 Å². The molecule has 4 heterocycles. The first-order chi connectivity index (χ1) is 10.8. The summed E-state index contributed by atoms with van der Waals surface area (Å²) >= 11 is 7.07. The molecular formula is C12H10N8S2. The number of aliphatic imine (C=N–C) groups is 4. The van der Waals surface area contributed by atoms with Gasteiger partial charge in [0, 0.05) is 12.3 Å². The van der Waals surface area contributed by atoms with Gasteiger partial charge in [-0.15, -0.1) is 11.8 Å². The predicted octanol–water partition coefficient (Wildman–Crippen LogP) is 1.47. The third-order valence-corrected chi connectivity index (χ3v) is 4.70. The molecule has 10 heteroatoms. The van der Waals surface area contributed by atoms with Gasteiger partial charge in [0.05, 0.1) is 12.7 Å². The van der Waals surface area contributed by atoms with Gasteiger partial charge < -0.3 is 9.55 Å². The van der Waals surface area contributed by atoms with Crippen molar-refractivity contribution in [3.05, 3.63) is 17.3 Å². The van der Waals surface area contributed by atoms with Gasteiger partial charge in [0.15, 0.2) is 17.5 Å². The van der Waals surface area contributed by atoms with Gasteiger partial charge in [0.1, 0.15) is 27.9 Å². The molecule has 0 aromatic carbocycles. The third-order valence-electron chi connectivity index (χ3n) is 3.25. The number of hydrogen-bond donors (Lipinski definition) is 1. The number of aromatic nitrogens is 4. The van der Waals surface area contributed by atoms with Gasteiger partial charge in [-0.25, -0.2) is 24.9 Å². The van der Waals surface area contributed by atoms with Gasteiger partial charge in [-0.3, -0.25) is 4.99 Å². The Kier molecular flexibility index (Phi) is 3.39. The summed E-state index contributed by atoms with van der Waals surface area (Å²) in [6.45, 7) is 0.727. The number of H-pyrrole nitrogens is 1. The number of thioether (sulfide) groups is 1. The van der Waals surface area contributed by atoms with Crippen LogP contribution >= 0.6 is 24.0 Å². The number of rotatable bonds is 3. The van der Waals surface area contributed by atoms with Gasteiger partial charge >= 0.3 is 0 Å². The number of imidazole rings is 1. The van der Waals surface area contributed by atoms with Crippen molar-refractivity contribution >= 4 is 58.7 Å². The van der Waals surface area contributed by atoms with E-state index in [2.05, 4.69) is 34.9 Å². The van der Waals surface area contributed by atoms with Crippen molar-refractivity contribution in [2.45, 2.75) is 12.6 Å². The fourth-order valence-electron chi connectivity index (χ4n) is 2.18. The van der Waals surface area contributed by atoms with Crippen LogP contribution in [0, 0.1) is 4.64 Å². The zero-order valence-corrected chi connectivity index (χ0v) is 12.9. The highest BCUT2D eigenvalue weighted by atomic mass is 32.2. The van der Waals surface area contributed by atoms with Crippen LogP contribution in [0.3, 0.4) is 0 Å². The van der Waals surface area contributed by atoms with Crippen LogP contribution in [-0.2, 0) is 6.54 Å². The average Bonchev–Trinajstić information content (AvgIpc) is 3.18. The first-order valence-electron chi connectivity index (χ1n) is 6.54. The Bertz CT molecular complexity index is 903. The number of amidine groups is 1. The molecule has 0 amide bonds. The van der Waals surface area contributed by atoms with E-state index < -0.39 is 0 Å². The van der Waals surface area contributed by atoms with Crippen molar-refractivity contribution in [2.75, 3.05) is 5.75 Å². The summed E-state index contributed by atoms with van der Waals surface area (Å²) < 4.78 is 2.63. The maximum atomic E-state index is 5.44. The zero-order valence-electron chi connectivity index (χ0n) is 11.2. The molecule has 0 saturated heterocycles. The van der Waals surface area contributed by atoms with Crippen LogP contribution in [0.25, 0.3) is 11.2 Å². The van der Waals surface area contributed by atoms with E-state index in [1.54, 1.807) is 24.4 Å². The molecule has 4 rings (SSSR count). The standard InChI is InChI=1S/C12H10N8S2/c21-12-8-10(16-4-14-8)19-6-20(12)1-2-22-11-7-9(15-3-13-7)17-5-18-11/h3-7H,1-2H2,(H,14,16). The van der Waals surface area contributed by atoms with Crippen LogP contribution in [0.5, 0.6) is 0 Å². The average molecular weight is 330 g/mol. The van der Waals surface area contributed by atoms with E-state index in [1.807, 2.05) is 4.57 Å². The molecule has 2 aliphatic rings. The number of aromatic amines is 1. The zero-order chi connectivity index (χ0) is 14.9. The van der Waals surface area contributed by atoms with E-state index in [0.717, 1.165) is 22.9 Å². The van der Waals surface area contributed by atoms with Crippen molar-refractivity contribution in [1.82, 2.24) is 19.5 Å². The van der Waals surface area contributed by atoms with Gasteiger partial charge in [-0.05, 0) is 0 Å². The van der Waals surface area contributed by atoms with Crippen molar-refractivity contribution in [2.24, 2.45) is 20.0 Å². The van der Waals surface area contributed by atoms with E-state index >= 15 is 0 Å². The van der Waals surface area contributed by atoms with Crippen LogP contribution in [0.1, 0.15) is 0 Å². The van der Waals surface area contributed by atoms with Crippen molar-refractivity contribution in [1.29, 1.82) is 0 Å². The molecule has 1 N–H and O–H groups in total. The highest BCUT2D eigenvalue weighted by Crippen LogP contribution is 2.18. The van der Waals surface area contributed by atoms with E-state index in [1.165, 1.54) is 12.7 Å². The molecule has 110 valence electrons. The van der Waals surface area contributed by atoms with Gasteiger partial charge in [-0.1, -0.05) is 12.2 Å². The quantitative estimate of drug-likeness (QED) is 0.862. The summed E-state index contributed by atoms with van der Waals surface area (Å²) in [6, 6.07) is -0.142. The Balaban J connectivity index is 1.46. The SMILES string of the molecule is S=c1c2[nH]cnc2ncn1CCSC1=NC=NC2=NC=NC21. The Morgan fingerprint density at radius 2 is 2.23 bits per heavy atom. The third kappa shape index (κ3) is 2.29. The lowest BCUT2D eigenvalue weighted by atomic mass is 10.3. The van der Waals surface area contributed by atoms with Crippen molar-refractivity contribution < 1.29 is 0 Å². The largest absolute Gasteiger partial charge is 0.341 e. The molecule has 0 saturated carbocycles. The fourth-order valence-corrected chi connectivity index (χ4v) is 3.41. The monoisotopic (exact) mass is 330 g/mol. The number of nitrogens with zero attached hydrogens (tertiary/aromatic N) is 7.